The molecule has 0 amide bonds. The number of aryl methyl sites for hydroxylation is 1. The van der Waals surface area contributed by atoms with Crippen LogP contribution in [0.2, 0.25) is 0 Å². The van der Waals surface area contributed by atoms with Crippen molar-refractivity contribution in [2.75, 3.05) is 12.3 Å². The molecule has 114 valence electrons. The van der Waals surface area contributed by atoms with Gasteiger partial charge in [0.15, 0.2) is 0 Å². The number of halogens is 1. The van der Waals surface area contributed by atoms with E-state index in [9.17, 15) is 4.39 Å². The minimum Gasteiger partial charge on any atom is -0.334 e. The van der Waals surface area contributed by atoms with Crippen LogP contribution in [0, 0.1) is 5.82 Å². The molecule has 0 aliphatic heterocycles. The third kappa shape index (κ3) is 4.32. The Kier molecular flexibility index (Phi) is 6.26. The largest absolute Gasteiger partial charge is 0.334 e. The zero-order chi connectivity index (χ0) is 15.1. The van der Waals surface area contributed by atoms with E-state index < -0.39 is 0 Å². The zero-order valence-corrected chi connectivity index (χ0v) is 13.4. The van der Waals surface area contributed by atoms with Gasteiger partial charge in [-0.05, 0) is 32.0 Å². The van der Waals surface area contributed by atoms with Crippen molar-refractivity contribution >= 4 is 11.8 Å². The van der Waals surface area contributed by atoms with E-state index in [0.717, 1.165) is 31.1 Å². The molecule has 0 spiro atoms. The molecule has 0 saturated carbocycles. The molecule has 1 aromatic carbocycles. The summed E-state index contributed by atoms with van der Waals surface area (Å²) >= 11 is 1.53. The fourth-order valence-corrected chi connectivity index (χ4v) is 3.17. The molecule has 0 aliphatic rings. The van der Waals surface area contributed by atoms with Gasteiger partial charge in [0.1, 0.15) is 11.6 Å². The molecular weight excluding hydrogens is 285 g/mol. The van der Waals surface area contributed by atoms with Crippen molar-refractivity contribution in [2.24, 2.45) is 0 Å². The van der Waals surface area contributed by atoms with Crippen LogP contribution in [0.25, 0.3) is 0 Å². The van der Waals surface area contributed by atoms with E-state index >= 15 is 0 Å². The first-order valence-corrected chi connectivity index (χ1v) is 8.36. The lowest BCUT2D eigenvalue weighted by molar-refractivity contribution is 0.522. The van der Waals surface area contributed by atoms with Crippen LogP contribution in [-0.2, 0) is 6.54 Å². The normalized spacial score (nSPS) is 12.5. The molecule has 0 aliphatic carbocycles. The molecule has 1 aromatic heterocycles. The molecule has 1 N–H and O–H groups in total. The molecule has 2 rings (SSSR count). The first kappa shape index (κ1) is 16.0. The monoisotopic (exact) mass is 307 g/mol. The molecule has 0 saturated heterocycles. The molecule has 0 bridgehead atoms. The third-order valence-corrected chi connectivity index (χ3v) is 4.43. The van der Waals surface area contributed by atoms with Crippen molar-refractivity contribution in [1.29, 1.82) is 0 Å². The topological polar surface area (TPSA) is 29.9 Å². The molecule has 1 heterocycles. The predicted molar refractivity (Wildman–Crippen MR) is 86.1 cm³/mol. The van der Waals surface area contributed by atoms with Crippen molar-refractivity contribution in [3.05, 3.63) is 48.3 Å². The number of nitrogens with zero attached hydrogens (tertiary/aromatic N) is 2. The Morgan fingerprint density at radius 3 is 2.86 bits per heavy atom. The SMILES string of the molecule is CCCNC(CSc1ccccc1F)c1nccn1CC. The Labute approximate surface area is 130 Å². The quantitative estimate of drug-likeness (QED) is 0.751. The lowest BCUT2D eigenvalue weighted by Gasteiger charge is -2.19. The average Bonchev–Trinajstić information content (AvgIpc) is 2.97. The first-order valence-electron chi connectivity index (χ1n) is 7.38. The highest BCUT2D eigenvalue weighted by molar-refractivity contribution is 7.99. The highest BCUT2D eigenvalue weighted by Gasteiger charge is 2.17. The summed E-state index contributed by atoms with van der Waals surface area (Å²) in [7, 11) is 0. The van der Waals surface area contributed by atoms with Crippen molar-refractivity contribution in [1.82, 2.24) is 14.9 Å². The number of hydrogen-bond acceptors (Lipinski definition) is 3. The highest BCUT2D eigenvalue weighted by Crippen LogP contribution is 2.26. The van der Waals surface area contributed by atoms with E-state index in [-0.39, 0.29) is 11.9 Å². The van der Waals surface area contributed by atoms with Gasteiger partial charge in [0.2, 0.25) is 0 Å². The van der Waals surface area contributed by atoms with Crippen LogP contribution in [0.15, 0.2) is 41.6 Å². The number of imidazole rings is 1. The molecule has 0 fully saturated rings. The van der Waals surface area contributed by atoms with Gasteiger partial charge in [-0.2, -0.15) is 0 Å². The molecule has 1 unspecified atom stereocenters. The minimum atomic E-state index is -0.157. The number of rotatable bonds is 8. The van der Waals surface area contributed by atoms with Gasteiger partial charge in [-0.15, -0.1) is 11.8 Å². The Hall–Kier alpha value is -1.33. The van der Waals surface area contributed by atoms with Crippen molar-refractivity contribution in [2.45, 2.75) is 37.8 Å². The molecule has 2 aromatic rings. The number of hydrogen-bond donors (Lipinski definition) is 1. The van der Waals surface area contributed by atoms with Crippen molar-refractivity contribution in [3.8, 4) is 0 Å². The molecule has 5 heteroatoms. The second kappa shape index (κ2) is 8.20. The zero-order valence-electron chi connectivity index (χ0n) is 12.6. The number of thioether (sulfide) groups is 1. The highest BCUT2D eigenvalue weighted by atomic mass is 32.2. The summed E-state index contributed by atoms with van der Waals surface area (Å²) < 4.78 is 15.9. The Bertz CT molecular complexity index is 556. The lowest BCUT2D eigenvalue weighted by Crippen LogP contribution is -2.27. The van der Waals surface area contributed by atoms with Gasteiger partial charge in [0, 0.05) is 29.6 Å². The van der Waals surface area contributed by atoms with Crippen molar-refractivity contribution < 1.29 is 4.39 Å². The molecule has 1 atom stereocenters. The van der Waals surface area contributed by atoms with Crippen LogP contribution >= 0.6 is 11.8 Å². The maximum atomic E-state index is 13.7. The van der Waals surface area contributed by atoms with Crippen LogP contribution in [0.1, 0.15) is 32.1 Å². The summed E-state index contributed by atoms with van der Waals surface area (Å²) in [5.41, 5.74) is 0. The van der Waals surface area contributed by atoms with Gasteiger partial charge in [-0.1, -0.05) is 19.1 Å². The maximum absolute atomic E-state index is 13.7. The Balaban J connectivity index is 2.08. The standard InChI is InChI=1S/C16H22FN3S/c1-3-9-18-14(16-19-10-11-20(16)4-2)12-21-15-8-6-5-7-13(15)17/h5-8,10-11,14,18H,3-4,9,12H2,1-2H3. The summed E-state index contributed by atoms with van der Waals surface area (Å²) in [6.07, 6.45) is 4.88. The second-order valence-corrected chi connectivity index (χ2v) is 5.88. The molecule has 3 nitrogen and oxygen atoms in total. The van der Waals surface area contributed by atoms with E-state index in [1.807, 2.05) is 24.5 Å². The minimum absolute atomic E-state index is 0.129. The molecule has 0 radical (unpaired) electrons. The van der Waals surface area contributed by atoms with Crippen LogP contribution in [0.3, 0.4) is 0 Å². The van der Waals surface area contributed by atoms with E-state index in [1.165, 1.54) is 17.8 Å². The Morgan fingerprint density at radius 2 is 2.14 bits per heavy atom. The summed E-state index contributed by atoms with van der Waals surface area (Å²) in [5.74, 6) is 1.63. The van der Waals surface area contributed by atoms with Gasteiger partial charge in [0.05, 0.1) is 6.04 Å². The second-order valence-electron chi connectivity index (χ2n) is 4.82. The van der Waals surface area contributed by atoms with E-state index in [0.29, 0.717) is 4.90 Å². The van der Waals surface area contributed by atoms with Crippen molar-refractivity contribution in [3.63, 3.8) is 0 Å². The van der Waals surface area contributed by atoms with Gasteiger partial charge >= 0.3 is 0 Å². The predicted octanol–water partition coefficient (Wildman–Crippen LogP) is 3.88. The number of nitrogens with one attached hydrogen (secondary N) is 1. The van der Waals surface area contributed by atoms with E-state index in [2.05, 4.69) is 28.7 Å². The summed E-state index contributed by atoms with van der Waals surface area (Å²) in [6.45, 7) is 6.06. The average molecular weight is 307 g/mol. The maximum Gasteiger partial charge on any atom is 0.136 e. The van der Waals surface area contributed by atoms with Gasteiger partial charge in [0.25, 0.3) is 0 Å². The van der Waals surface area contributed by atoms with Crippen LogP contribution in [0.5, 0.6) is 0 Å². The number of benzene rings is 1. The molecule has 21 heavy (non-hydrogen) atoms. The molecular formula is C16H22FN3S. The van der Waals surface area contributed by atoms with Crippen LogP contribution in [-0.4, -0.2) is 21.8 Å². The number of aromatic nitrogens is 2. The lowest BCUT2D eigenvalue weighted by atomic mass is 10.3. The van der Waals surface area contributed by atoms with E-state index in [4.69, 9.17) is 0 Å². The Morgan fingerprint density at radius 1 is 1.33 bits per heavy atom. The van der Waals surface area contributed by atoms with E-state index in [1.54, 1.807) is 6.07 Å². The first-order chi connectivity index (χ1) is 10.3. The fourth-order valence-electron chi connectivity index (χ4n) is 2.18. The van der Waals surface area contributed by atoms with Gasteiger partial charge < -0.3 is 9.88 Å². The summed E-state index contributed by atoms with van der Waals surface area (Å²) in [6, 6.07) is 7.04. The third-order valence-electron chi connectivity index (χ3n) is 3.28. The summed E-state index contributed by atoms with van der Waals surface area (Å²) in [4.78, 5) is 5.16. The van der Waals surface area contributed by atoms with Gasteiger partial charge in [-0.25, -0.2) is 9.37 Å². The van der Waals surface area contributed by atoms with Crippen LogP contribution in [0.4, 0.5) is 4.39 Å². The fraction of sp³-hybridized carbons (Fsp3) is 0.438. The summed E-state index contributed by atoms with van der Waals surface area (Å²) in [5, 5.41) is 3.51. The smallest absolute Gasteiger partial charge is 0.136 e. The van der Waals surface area contributed by atoms with Crippen LogP contribution < -0.4 is 5.32 Å². The van der Waals surface area contributed by atoms with Gasteiger partial charge in [-0.3, -0.25) is 0 Å².